The largest absolute Gasteiger partial charge is 0.481 e. The molecule has 0 bridgehead atoms. The van der Waals surface area contributed by atoms with Crippen LogP contribution in [0.25, 0.3) is 0 Å². The first-order valence-corrected chi connectivity index (χ1v) is 13.4. The number of ether oxygens (including phenoxy) is 2. The quantitative estimate of drug-likeness (QED) is 0.499. The van der Waals surface area contributed by atoms with Crippen molar-refractivity contribution in [1.29, 1.82) is 0 Å². The summed E-state index contributed by atoms with van der Waals surface area (Å²) >= 11 is 7.69. The number of amides is 1. The van der Waals surface area contributed by atoms with Crippen LogP contribution in [0, 0.1) is 17.7 Å². The number of methoxy groups -OCH3 is 1. The number of nitrogens with one attached hydrogen (secondary N) is 1. The number of carbonyl (C=O) groups excluding carboxylic acids is 2. The number of esters is 1. The zero-order valence-corrected chi connectivity index (χ0v) is 23.3. The van der Waals surface area contributed by atoms with Crippen molar-refractivity contribution in [3.05, 3.63) is 62.5 Å². The van der Waals surface area contributed by atoms with Gasteiger partial charge in [-0.25, -0.2) is 19.0 Å². The van der Waals surface area contributed by atoms with Gasteiger partial charge in [-0.1, -0.05) is 17.7 Å². The molecule has 0 spiro atoms. The summed E-state index contributed by atoms with van der Waals surface area (Å²) < 4.78 is 24.4. The lowest BCUT2D eigenvalue weighted by atomic mass is 9.79. The number of carboxylic acid groups (broad SMARTS) is 1. The molecule has 10 nitrogen and oxygen atoms in total. The summed E-state index contributed by atoms with van der Waals surface area (Å²) in [7, 11) is 1.20. The number of nitrogens with zero attached hydrogens (tertiary/aromatic N) is 3. The van der Waals surface area contributed by atoms with Gasteiger partial charge in [0.2, 0.25) is 0 Å². The molecule has 13 heteroatoms. The summed E-state index contributed by atoms with van der Waals surface area (Å²) in [6.45, 7) is 5.23. The van der Waals surface area contributed by atoms with E-state index in [0.29, 0.717) is 16.4 Å². The normalized spacial score (nSPS) is 21.6. The van der Waals surface area contributed by atoms with E-state index in [2.05, 4.69) is 15.3 Å². The summed E-state index contributed by atoms with van der Waals surface area (Å²) in [6, 6.07) is 2.72. The summed E-state index contributed by atoms with van der Waals surface area (Å²) in [6.07, 6.45) is 1.17. The van der Waals surface area contributed by atoms with E-state index in [4.69, 9.17) is 21.1 Å². The molecule has 0 radical (unpaired) electrons. The van der Waals surface area contributed by atoms with Crippen LogP contribution in [-0.4, -0.2) is 64.7 Å². The topological polar surface area (TPSA) is 130 Å². The van der Waals surface area contributed by atoms with Gasteiger partial charge >= 0.3 is 18.0 Å². The number of hydrogen-bond acceptors (Lipinski definition) is 9. The molecule has 1 unspecified atom stereocenters. The average molecular weight is 579 g/mol. The third kappa shape index (κ3) is 6.22. The molecular formula is C26H28ClFN4O6S. The number of rotatable bonds is 5. The highest BCUT2D eigenvalue weighted by atomic mass is 35.5. The highest BCUT2D eigenvalue weighted by Crippen LogP contribution is 2.41. The van der Waals surface area contributed by atoms with Crippen LogP contribution in [0.2, 0.25) is 5.02 Å². The molecule has 1 aromatic carbocycles. The number of halogens is 2. The van der Waals surface area contributed by atoms with E-state index in [1.807, 2.05) is 0 Å². The van der Waals surface area contributed by atoms with Gasteiger partial charge in [0, 0.05) is 46.9 Å². The van der Waals surface area contributed by atoms with Crippen molar-refractivity contribution < 1.29 is 33.4 Å². The van der Waals surface area contributed by atoms with Crippen molar-refractivity contribution in [2.75, 3.05) is 20.2 Å². The van der Waals surface area contributed by atoms with E-state index in [9.17, 15) is 23.9 Å². The Morgan fingerprint density at radius 3 is 2.62 bits per heavy atom. The van der Waals surface area contributed by atoms with Gasteiger partial charge in [0.05, 0.1) is 18.6 Å². The zero-order chi connectivity index (χ0) is 28.5. The molecule has 2 aliphatic heterocycles. The van der Waals surface area contributed by atoms with Crippen molar-refractivity contribution in [1.82, 2.24) is 15.2 Å². The lowest BCUT2D eigenvalue weighted by Gasteiger charge is -2.40. The second-order valence-corrected chi connectivity index (χ2v) is 11.4. The Bertz CT molecular complexity index is 1340. The molecule has 0 saturated carbocycles. The van der Waals surface area contributed by atoms with Crippen LogP contribution in [-0.2, 0) is 19.1 Å². The number of hydrogen-bond donors (Lipinski definition) is 2. The minimum Gasteiger partial charge on any atom is -0.481 e. The Labute approximate surface area is 233 Å². The highest BCUT2D eigenvalue weighted by molar-refractivity contribution is 7.11. The molecule has 208 valence electrons. The summed E-state index contributed by atoms with van der Waals surface area (Å²) in [4.78, 5) is 48.8. The van der Waals surface area contributed by atoms with Crippen LogP contribution in [0.5, 0.6) is 0 Å². The number of allylic oxidation sites excluding steroid dienone is 1. The molecule has 3 heterocycles. The zero-order valence-electron chi connectivity index (χ0n) is 21.7. The first kappa shape index (κ1) is 28.5. The summed E-state index contributed by atoms with van der Waals surface area (Å²) in [5.74, 6) is -3.98. The van der Waals surface area contributed by atoms with Crippen LogP contribution in [0.1, 0.15) is 43.8 Å². The van der Waals surface area contributed by atoms with Gasteiger partial charge in [0.1, 0.15) is 17.5 Å². The number of piperidine rings is 1. The minimum absolute atomic E-state index is 0.0411. The number of likely N-dealkylation sites (tertiary alicyclic amines) is 1. The minimum atomic E-state index is -1.15. The standard InChI is InChI=1S/C26H28ClFN4O6S/c1-26(2,3)38-25(36)32-9-7-14(16(12-32)23(33)34)19-18(24(35)37-4)20(15-6-5-13(28)11-17(15)27)31-21(30-19)22-29-8-10-39-22/h5-6,8,10-11,14,16,20H,7,9,12H2,1-4H3,(H,30,31)(H,33,34)/t14-,16+,20?/m1/s1. The average Bonchev–Trinajstić information content (AvgIpc) is 3.41. The van der Waals surface area contributed by atoms with Crippen molar-refractivity contribution in [3.63, 3.8) is 0 Å². The van der Waals surface area contributed by atoms with Gasteiger partial charge in [-0.05, 0) is 39.3 Å². The maximum Gasteiger partial charge on any atom is 0.410 e. The second-order valence-electron chi connectivity index (χ2n) is 10.1. The number of carbonyl (C=O) groups is 3. The van der Waals surface area contributed by atoms with Gasteiger partial charge < -0.3 is 24.8 Å². The van der Waals surface area contributed by atoms with E-state index in [1.165, 1.54) is 35.5 Å². The fraction of sp³-hybridized carbons (Fsp3) is 0.423. The lowest BCUT2D eigenvalue weighted by molar-refractivity contribution is -0.145. The Morgan fingerprint density at radius 1 is 1.28 bits per heavy atom. The Kier molecular flexibility index (Phi) is 8.26. The van der Waals surface area contributed by atoms with Gasteiger partial charge in [-0.3, -0.25) is 9.79 Å². The van der Waals surface area contributed by atoms with Gasteiger partial charge in [-0.15, -0.1) is 11.3 Å². The molecule has 39 heavy (non-hydrogen) atoms. The van der Waals surface area contributed by atoms with Crippen LogP contribution in [0.15, 0.2) is 46.0 Å². The number of amidine groups is 1. The molecule has 1 saturated heterocycles. The van der Waals surface area contributed by atoms with Crippen molar-refractivity contribution in [3.8, 4) is 0 Å². The third-order valence-electron chi connectivity index (χ3n) is 6.32. The van der Waals surface area contributed by atoms with Crippen molar-refractivity contribution in [2.24, 2.45) is 16.8 Å². The number of aliphatic carboxylic acids is 1. The molecule has 2 aliphatic rings. The SMILES string of the molecule is COC(=O)C1=C([C@@H]2CCN(C(=O)OC(C)(C)C)C[C@@H]2C(=O)O)NC(c2nccs2)=NC1c1ccc(F)cc1Cl. The smallest absolute Gasteiger partial charge is 0.410 e. The van der Waals surface area contributed by atoms with Crippen LogP contribution >= 0.6 is 22.9 Å². The van der Waals surface area contributed by atoms with Gasteiger partial charge in [-0.2, -0.15) is 0 Å². The molecule has 1 fully saturated rings. The van der Waals surface area contributed by atoms with Crippen molar-refractivity contribution in [2.45, 2.75) is 38.8 Å². The highest BCUT2D eigenvalue weighted by Gasteiger charge is 2.44. The molecule has 1 amide bonds. The van der Waals surface area contributed by atoms with Gasteiger partial charge in [0.25, 0.3) is 0 Å². The molecule has 2 aromatic rings. The first-order valence-electron chi connectivity index (χ1n) is 12.1. The maximum atomic E-state index is 13.9. The van der Waals surface area contributed by atoms with E-state index in [-0.39, 0.29) is 35.8 Å². The Hall–Kier alpha value is -3.51. The van der Waals surface area contributed by atoms with Crippen LogP contribution in [0.3, 0.4) is 0 Å². The molecule has 2 N–H and O–H groups in total. The predicted molar refractivity (Wildman–Crippen MR) is 142 cm³/mol. The van der Waals surface area contributed by atoms with Crippen molar-refractivity contribution >= 4 is 46.8 Å². The maximum absolute atomic E-state index is 13.9. The molecule has 4 rings (SSSR count). The Balaban J connectivity index is 1.82. The van der Waals surface area contributed by atoms with Crippen LogP contribution < -0.4 is 5.32 Å². The van der Waals surface area contributed by atoms with E-state index < -0.39 is 47.3 Å². The summed E-state index contributed by atoms with van der Waals surface area (Å²) in [5, 5.41) is 15.6. The monoisotopic (exact) mass is 578 g/mol. The Morgan fingerprint density at radius 2 is 2.03 bits per heavy atom. The number of aliphatic imine (C=N–C) groups is 1. The van der Waals surface area contributed by atoms with E-state index >= 15 is 0 Å². The molecule has 3 atom stereocenters. The molecule has 0 aliphatic carbocycles. The summed E-state index contributed by atoms with van der Waals surface area (Å²) in [5.41, 5.74) is -0.0830. The number of aromatic nitrogens is 1. The molecular weight excluding hydrogens is 551 g/mol. The van der Waals surface area contributed by atoms with Crippen LogP contribution in [0.4, 0.5) is 9.18 Å². The number of carboxylic acids is 1. The second kappa shape index (κ2) is 11.3. The number of benzene rings is 1. The number of thiazole rings is 1. The third-order valence-corrected chi connectivity index (χ3v) is 7.43. The molecule has 1 aromatic heterocycles. The predicted octanol–water partition coefficient (Wildman–Crippen LogP) is 4.41. The van der Waals surface area contributed by atoms with E-state index in [0.717, 1.165) is 6.07 Å². The van der Waals surface area contributed by atoms with Gasteiger partial charge in [0.15, 0.2) is 10.8 Å². The van der Waals surface area contributed by atoms with E-state index in [1.54, 1.807) is 32.3 Å². The fourth-order valence-corrected chi connectivity index (χ4v) is 5.49. The lowest BCUT2D eigenvalue weighted by Crippen LogP contribution is -2.51. The first-order chi connectivity index (χ1) is 18.4. The fourth-order valence-electron chi connectivity index (χ4n) is 4.63.